The molecule has 2 fully saturated rings. The monoisotopic (exact) mass is 240 g/mol. The second-order valence-electron chi connectivity index (χ2n) is 5.66. The summed E-state index contributed by atoms with van der Waals surface area (Å²) in [5.41, 5.74) is 0. The van der Waals surface area contributed by atoms with Crippen LogP contribution in [-0.4, -0.2) is 37.9 Å². The molecule has 1 saturated carbocycles. The highest BCUT2D eigenvalue weighted by Crippen LogP contribution is 2.20. The number of hydrogen-bond donors (Lipinski definition) is 2. The van der Waals surface area contributed by atoms with E-state index in [0.717, 1.165) is 19.2 Å². The molecule has 17 heavy (non-hydrogen) atoms. The first-order valence-corrected chi connectivity index (χ1v) is 7.43. The molecular weight excluding hydrogens is 212 g/mol. The third kappa shape index (κ3) is 4.94. The molecule has 0 aromatic rings. The Kier molecular flexibility index (Phi) is 5.75. The van der Waals surface area contributed by atoms with Crippen molar-refractivity contribution in [3.8, 4) is 0 Å². The molecule has 0 bridgehead atoms. The van der Waals surface area contributed by atoms with Crippen LogP contribution in [-0.2, 0) is 4.74 Å². The molecular formula is C14H28N2O. The molecule has 2 rings (SSSR count). The van der Waals surface area contributed by atoms with Crippen LogP contribution in [0.1, 0.15) is 51.9 Å². The number of nitrogens with one attached hydrogen (secondary N) is 2. The summed E-state index contributed by atoms with van der Waals surface area (Å²) in [5.74, 6) is 0. The molecule has 1 saturated heterocycles. The smallest absolute Gasteiger partial charge is 0.0594 e. The van der Waals surface area contributed by atoms with Crippen LogP contribution in [0.15, 0.2) is 0 Å². The molecule has 3 nitrogen and oxygen atoms in total. The third-order valence-corrected chi connectivity index (χ3v) is 4.05. The lowest BCUT2D eigenvalue weighted by Crippen LogP contribution is -2.35. The highest BCUT2D eigenvalue weighted by Gasteiger charge is 2.17. The van der Waals surface area contributed by atoms with Crippen LogP contribution in [0.4, 0.5) is 0 Å². The van der Waals surface area contributed by atoms with Crippen molar-refractivity contribution in [3.05, 3.63) is 0 Å². The molecule has 0 radical (unpaired) electrons. The molecule has 2 N–H and O–H groups in total. The molecule has 1 aliphatic heterocycles. The van der Waals surface area contributed by atoms with E-state index in [9.17, 15) is 0 Å². The van der Waals surface area contributed by atoms with Gasteiger partial charge in [-0.3, -0.25) is 0 Å². The lowest BCUT2D eigenvalue weighted by molar-refractivity contribution is 0.0591. The van der Waals surface area contributed by atoms with Gasteiger partial charge in [0.15, 0.2) is 0 Å². The molecule has 0 spiro atoms. The summed E-state index contributed by atoms with van der Waals surface area (Å²) < 4.78 is 5.85. The first-order valence-electron chi connectivity index (χ1n) is 7.43. The summed E-state index contributed by atoms with van der Waals surface area (Å²) in [6, 6.07) is 1.35. The van der Waals surface area contributed by atoms with Gasteiger partial charge in [-0.05, 0) is 45.6 Å². The van der Waals surface area contributed by atoms with Gasteiger partial charge in [0.2, 0.25) is 0 Å². The fourth-order valence-electron chi connectivity index (χ4n) is 3.05. The quantitative estimate of drug-likeness (QED) is 0.668. The molecule has 0 aromatic carbocycles. The average molecular weight is 240 g/mol. The van der Waals surface area contributed by atoms with Crippen molar-refractivity contribution in [2.24, 2.45) is 0 Å². The summed E-state index contributed by atoms with van der Waals surface area (Å²) in [6.07, 6.45) is 9.80. The van der Waals surface area contributed by atoms with E-state index in [1.54, 1.807) is 0 Å². The van der Waals surface area contributed by atoms with Crippen LogP contribution in [0.2, 0.25) is 0 Å². The Balaban J connectivity index is 1.46. The maximum Gasteiger partial charge on any atom is 0.0594 e. The highest BCUT2D eigenvalue weighted by atomic mass is 16.5. The molecule has 2 aliphatic rings. The predicted molar refractivity (Wildman–Crippen MR) is 71.3 cm³/mol. The lowest BCUT2D eigenvalue weighted by atomic mass is 10.1. The molecule has 0 aromatic heterocycles. The minimum Gasteiger partial charge on any atom is -0.377 e. The van der Waals surface area contributed by atoms with Crippen molar-refractivity contribution in [2.45, 2.75) is 70.1 Å². The Morgan fingerprint density at radius 2 is 2.06 bits per heavy atom. The minimum absolute atomic E-state index is 0.559. The van der Waals surface area contributed by atoms with Gasteiger partial charge in [0, 0.05) is 18.6 Å². The van der Waals surface area contributed by atoms with E-state index < -0.39 is 0 Å². The molecule has 2 atom stereocenters. The summed E-state index contributed by atoms with van der Waals surface area (Å²) in [5, 5.41) is 7.12. The Bertz CT molecular complexity index is 198. The third-order valence-electron chi connectivity index (χ3n) is 4.05. The normalized spacial score (nSPS) is 27.7. The van der Waals surface area contributed by atoms with Crippen molar-refractivity contribution in [2.75, 3.05) is 19.7 Å². The molecule has 3 heteroatoms. The van der Waals surface area contributed by atoms with Crippen molar-refractivity contribution in [3.63, 3.8) is 0 Å². The van der Waals surface area contributed by atoms with Gasteiger partial charge in [-0.1, -0.05) is 12.8 Å². The van der Waals surface area contributed by atoms with Gasteiger partial charge in [0.05, 0.1) is 12.7 Å². The van der Waals surface area contributed by atoms with Crippen LogP contribution in [0, 0.1) is 0 Å². The van der Waals surface area contributed by atoms with E-state index in [1.165, 1.54) is 51.5 Å². The van der Waals surface area contributed by atoms with Gasteiger partial charge < -0.3 is 15.4 Å². The van der Waals surface area contributed by atoms with E-state index in [4.69, 9.17) is 4.74 Å². The first-order chi connectivity index (χ1) is 8.34. The fourth-order valence-corrected chi connectivity index (χ4v) is 3.05. The van der Waals surface area contributed by atoms with Gasteiger partial charge in [0.25, 0.3) is 0 Å². The second-order valence-corrected chi connectivity index (χ2v) is 5.66. The summed E-state index contributed by atoms with van der Waals surface area (Å²) in [7, 11) is 0. The van der Waals surface area contributed by atoms with E-state index in [0.29, 0.717) is 12.1 Å². The zero-order chi connectivity index (χ0) is 11.9. The first kappa shape index (κ1) is 13.3. The van der Waals surface area contributed by atoms with E-state index in [2.05, 4.69) is 17.6 Å². The number of hydrogen-bond acceptors (Lipinski definition) is 3. The van der Waals surface area contributed by atoms with Crippen LogP contribution in [0.3, 0.4) is 0 Å². The number of rotatable bonds is 7. The van der Waals surface area contributed by atoms with Crippen molar-refractivity contribution in [1.29, 1.82) is 0 Å². The zero-order valence-electron chi connectivity index (χ0n) is 11.2. The van der Waals surface area contributed by atoms with E-state index in [-0.39, 0.29) is 0 Å². The topological polar surface area (TPSA) is 33.3 Å². The minimum atomic E-state index is 0.559. The molecule has 2 unspecified atom stereocenters. The Morgan fingerprint density at radius 3 is 2.76 bits per heavy atom. The van der Waals surface area contributed by atoms with Crippen molar-refractivity contribution in [1.82, 2.24) is 10.6 Å². The van der Waals surface area contributed by atoms with Gasteiger partial charge in [-0.2, -0.15) is 0 Å². The Hall–Kier alpha value is -0.120. The van der Waals surface area contributed by atoms with Gasteiger partial charge in [-0.25, -0.2) is 0 Å². The van der Waals surface area contributed by atoms with Crippen LogP contribution >= 0.6 is 0 Å². The molecule has 0 amide bonds. The van der Waals surface area contributed by atoms with Crippen molar-refractivity contribution < 1.29 is 4.74 Å². The summed E-state index contributed by atoms with van der Waals surface area (Å²) in [4.78, 5) is 0. The van der Waals surface area contributed by atoms with Gasteiger partial charge in [-0.15, -0.1) is 0 Å². The largest absolute Gasteiger partial charge is 0.377 e. The molecule has 1 heterocycles. The zero-order valence-corrected chi connectivity index (χ0v) is 11.2. The van der Waals surface area contributed by atoms with Crippen LogP contribution < -0.4 is 10.6 Å². The summed E-state index contributed by atoms with van der Waals surface area (Å²) in [6.45, 7) is 5.38. The predicted octanol–water partition coefficient (Wildman–Crippen LogP) is 2.07. The van der Waals surface area contributed by atoms with Gasteiger partial charge >= 0.3 is 0 Å². The SMILES string of the molecule is CC(CC1CCCN1)NCCOC1CCCC1. The highest BCUT2D eigenvalue weighted by molar-refractivity contribution is 4.78. The maximum absolute atomic E-state index is 5.85. The summed E-state index contributed by atoms with van der Waals surface area (Å²) >= 11 is 0. The Labute approximate surface area is 106 Å². The lowest BCUT2D eigenvalue weighted by Gasteiger charge is -2.19. The van der Waals surface area contributed by atoms with E-state index in [1.807, 2.05) is 0 Å². The van der Waals surface area contributed by atoms with Crippen LogP contribution in [0.5, 0.6) is 0 Å². The maximum atomic E-state index is 5.85. The molecule has 1 aliphatic carbocycles. The Morgan fingerprint density at radius 1 is 1.24 bits per heavy atom. The fraction of sp³-hybridized carbons (Fsp3) is 1.00. The average Bonchev–Trinajstić information content (AvgIpc) is 2.96. The van der Waals surface area contributed by atoms with E-state index >= 15 is 0 Å². The van der Waals surface area contributed by atoms with Crippen LogP contribution in [0.25, 0.3) is 0 Å². The standard InChI is InChI=1S/C14H28N2O/c1-12(11-13-5-4-8-16-13)15-9-10-17-14-6-2-3-7-14/h12-16H,2-11H2,1H3. The number of ether oxygens (including phenoxy) is 1. The van der Waals surface area contributed by atoms with Gasteiger partial charge in [0.1, 0.15) is 0 Å². The van der Waals surface area contributed by atoms with Crippen molar-refractivity contribution >= 4 is 0 Å². The molecule has 100 valence electrons. The second kappa shape index (κ2) is 7.34.